The Hall–Kier alpha value is -3.16. The summed E-state index contributed by atoms with van der Waals surface area (Å²) < 4.78 is 33.1. The first kappa shape index (κ1) is 22.3. The minimum atomic E-state index is -3.43. The van der Waals surface area contributed by atoms with E-state index in [1.165, 1.54) is 0 Å². The van der Waals surface area contributed by atoms with Gasteiger partial charge in [-0.05, 0) is 61.9 Å². The summed E-state index contributed by atoms with van der Waals surface area (Å²) in [6.45, 7) is 0.908. The number of anilines is 2. The number of H-pyrrole nitrogens is 1. The SMILES string of the molecule is N#CC1CCCCC1n1nc(Nc2ccc3c(c2)CC2(CCOCC2)S3(=O)=O)c2c(=O)[nH]ccc21. The molecule has 2 N–H and O–H groups in total. The number of nitriles is 1. The van der Waals surface area contributed by atoms with Crippen LogP contribution in [0.15, 0.2) is 40.2 Å². The van der Waals surface area contributed by atoms with E-state index in [0.29, 0.717) is 59.8 Å². The number of benzene rings is 1. The molecular formula is C25H27N5O4S. The van der Waals surface area contributed by atoms with E-state index in [2.05, 4.69) is 16.4 Å². The number of aromatic amines is 1. The van der Waals surface area contributed by atoms with E-state index in [-0.39, 0.29) is 17.5 Å². The van der Waals surface area contributed by atoms with Gasteiger partial charge in [-0.1, -0.05) is 12.8 Å². The van der Waals surface area contributed by atoms with Gasteiger partial charge in [0.1, 0.15) is 5.39 Å². The Labute approximate surface area is 203 Å². The van der Waals surface area contributed by atoms with E-state index < -0.39 is 14.6 Å². The Bertz CT molecular complexity index is 1510. The van der Waals surface area contributed by atoms with Crippen LogP contribution in [0.2, 0.25) is 0 Å². The lowest BCUT2D eigenvalue weighted by Crippen LogP contribution is -2.41. The highest BCUT2D eigenvalue weighted by Gasteiger charge is 2.51. The number of sulfone groups is 1. The molecule has 9 nitrogen and oxygen atoms in total. The van der Waals surface area contributed by atoms with Crippen molar-refractivity contribution in [1.29, 1.82) is 5.26 Å². The molecule has 1 aliphatic carbocycles. The maximum Gasteiger partial charge on any atom is 0.261 e. The zero-order valence-electron chi connectivity index (χ0n) is 19.3. The van der Waals surface area contributed by atoms with Crippen molar-refractivity contribution in [2.24, 2.45) is 5.92 Å². The molecule has 2 fully saturated rings. The molecule has 10 heteroatoms. The molecule has 35 heavy (non-hydrogen) atoms. The number of pyridine rings is 1. The highest BCUT2D eigenvalue weighted by Crippen LogP contribution is 2.46. The van der Waals surface area contributed by atoms with Crippen LogP contribution in [0.4, 0.5) is 11.5 Å². The van der Waals surface area contributed by atoms with Gasteiger partial charge >= 0.3 is 0 Å². The zero-order valence-corrected chi connectivity index (χ0v) is 20.1. The summed E-state index contributed by atoms with van der Waals surface area (Å²) in [5, 5.41) is 18.2. The Balaban J connectivity index is 1.39. The van der Waals surface area contributed by atoms with Crippen molar-refractivity contribution < 1.29 is 13.2 Å². The van der Waals surface area contributed by atoms with Crippen LogP contribution in [0.3, 0.4) is 0 Å². The first-order valence-electron chi connectivity index (χ1n) is 12.2. The molecule has 1 spiro atoms. The van der Waals surface area contributed by atoms with E-state index in [0.717, 1.165) is 31.2 Å². The minimum Gasteiger partial charge on any atom is -0.381 e. The van der Waals surface area contributed by atoms with Gasteiger partial charge in [0.05, 0.1) is 33.2 Å². The lowest BCUT2D eigenvalue weighted by Gasteiger charge is -2.31. The van der Waals surface area contributed by atoms with Gasteiger partial charge in [0, 0.05) is 25.1 Å². The molecule has 1 saturated carbocycles. The fourth-order valence-electron chi connectivity index (χ4n) is 6.05. The van der Waals surface area contributed by atoms with Crippen molar-refractivity contribution in [2.75, 3.05) is 18.5 Å². The van der Waals surface area contributed by atoms with Crippen LogP contribution < -0.4 is 10.9 Å². The van der Waals surface area contributed by atoms with Gasteiger partial charge in [-0.25, -0.2) is 8.42 Å². The predicted octanol–water partition coefficient (Wildman–Crippen LogP) is 3.60. The summed E-state index contributed by atoms with van der Waals surface area (Å²) in [7, 11) is -3.43. The van der Waals surface area contributed by atoms with Crippen LogP contribution >= 0.6 is 0 Å². The summed E-state index contributed by atoms with van der Waals surface area (Å²) >= 11 is 0. The van der Waals surface area contributed by atoms with Crippen molar-refractivity contribution in [3.8, 4) is 6.07 Å². The molecule has 0 bridgehead atoms. The van der Waals surface area contributed by atoms with Gasteiger partial charge in [-0.3, -0.25) is 9.48 Å². The molecular weight excluding hydrogens is 466 g/mol. The topological polar surface area (TPSA) is 130 Å². The number of hydrogen-bond acceptors (Lipinski definition) is 7. The molecule has 1 aromatic carbocycles. The third-order valence-corrected chi connectivity index (χ3v) is 10.6. The first-order valence-corrected chi connectivity index (χ1v) is 13.6. The van der Waals surface area contributed by atoms with Gasteiger partial charge in [-0.2, -0.15) is 10.4 Å². The quantitative estimate of drug-likeness (QED) is 0.570. The average Bonchev–Trinajstić information content (AvgIpc) is 3.32. The summed E-state index contributed by atoms with van der Waals surface area (Å²) in [6, 6.07) is 9.40. The van der Waals surface area contributed by atoms with Crippen LogP contribution in [0.25, 0.3) is 10.9 Å². The first-order chi connectivity index (χ1) is 16.9. The molecule has 182 valence electrons. The third kappa shape index (κ3) is 3.40. The fraction of sp³-hybridized carbons (Fsp3) is 0.480. The largest absolute Gasteiger partial charge is 0.381 e. The van der Waals surface area contributed by atoms with E-state index in [9.17, 15) is 18.5 Å². The molecule has 3 aromatic rings. The highest BCUT2D eigenvalue weighted by atomic mass is 32.2. The van der Waals surface area contributed by atoms with Gasteiger partial charge in [0.2, 0.25) is 0 Å². The Morgan fingerprint density at radius 3 is 2.80 bits per heavy atom. The molecule has 2 aliphatic heterocycles. The van der Waals surface area contributed by atoms with Gasteiger partial charge < -0.3 is 15.0 Å². The predicted molar refractivity (Wildman–Crippen MR) is 130 cm³/mol. The summed E-state index contributed by atoms with van der Waals surface area (Å²) in [5.41, 5.74) is 1.89. The maximum atomic E-state index is 13.3. The normalized spacial score (nSPS) is 24.8. The lowest BCUT2D eigenvalue weighted by molar-refractivity contribution is 0.0758. The number of nitrogens with zero attached hydrogens (tertiary/aromatic N) is 3. The maximum absolute atomic E-state index is 13.3. The second kappa shape index (κ2) is 8.21. The number of rotatable bonds is 3. The van der Waals surface area contributed by atoms with Crippen LogP contribution in [0.1, 0.15) is 50.1 Å². The average molecular weight is 494 g/mol. The third-order valence-electron chi connectivity index (χ3n) is 7.94. The molecule has 3 aliphatic rings. The number of fused-ring (bicyclic) bond motifs is 2. The molecule has 2 atom stereocenters. The second-order valence-electron chi connectivity index (χ2n) is 9.87. The molecule has 2 aromatic heterocycles. The zero-order chi connectivity index (χ0) is 24.2. The van der Waals surface area contributed by atoms with E-state index >= 15 is 0 Å². The molecule has 1 saturated heterocycles. The van der Waals surface area contributed by atoms with Crippen molar-refractivity contribution in [1.82, 2.24) is 14.8 Å². The summed E-state index contributed by atoms with van der Waals surface area (Å²) in [5.74, 6) is 0.255. The highest BCUT2D eigenvalue weighted by molar-refractivity contribution is 7.93. The second-order valence-corrected chi connectivity index (χ2v) is 12.2. The van der Waals surface area contributed by atoms with Crippen molar-refractivity contribution in [3.05, 3.63) is 46.4 Å². The molecule has 0 amide bonds. The fourth-order valence-corrected chi connectivity index (χ4v) is 8.29. The van der Waals surface area contributed by atoms with Crippen LogP contribution in [-0.2, 0) is 21.0 Å². The Morgan fingerprint density at radius 2 is 2.00 bits per heavy atom. The monoisotopic (exact) mass is 493 g/mol. The van der Waals surface area contributed by atoms with E-state index in [1.54, 1.807) is 18.3 Å². The van der Waals surface area contributed by atoms with Crippen molar-refractivity contribution in [2.45, 2.75) is 60.6 Å². The standard InChI is InChI=1S/C25H27N5O4S/c26-15-16-3-1-2-4-19(16)30-20-7-10-27-24(31)22(20)23(29-30)28-18-5-6-21-17(13-18)14-25(35(21,32)33)8-11-34-12-9-25/h5-7,10,13,16,19H,1-4,8-9,11-12,14H2,(H,27,31)(H,28,29). The minimum absolute atomic E-state index is 0.0906. The molecule has 4 heterocycles. The summed E-state index contributed by atoms with van der Waals surface area (Å²) in [4.78, 5) is 15.9. The van der Waals surface area contributed by atoms with Gasteiger partial charge in [0.15, 0.2) is 15.7 Å². The van der Waals surface area contributed by atoms with Crippen molar-refractivity contribution >= 4 is 32.2 Å². The van der Waals surface area contributed by atoms with Gasteiger partial charge in [0.25, 0.3) is 5.56 Å². The number of nitrogens with one attached hydrogen (secondary N) is 2. The lowest BCUT2D eigenvalue weighted by atomic mass is 9.85. The van der Waals surface area contributed by atoms with Crippen LogP contribution in [0, 0.1) is 17.2 Å². The van der Waals surface area contributed by atoms with Crippen LogP contribution in [-0.4, -0.2) is 41.1 Å². The molecule has 6 rings (SSSR count). The summed E-state index contributed by atoms with van der Waals surface area (Å²) in [6.07, 6.45) is 6.75. The van der Waals surface area contributed by atoms with E-state index in [1.807, 2.05) is 16.8 Å². The molecule has 2 unspecified atom stereocenters. The number of aromatic nitrogens is 3. The van der Waals surface area contributed by atoms with Crippen molar-refractivity contribution in [3.63, 3.8) is 0 Å². The number of ether oxygens (including phenoxy) is 1. The van der Waals surface area contributed by atoms with E-state index in [4.69, 9.17) is 9.84 Å². The van der Waals surface area contributed by atoms with Gasteiger partial charge in [-0.15, -0.1) is 0 Å². The number of hydrogen-bond donors (Lipinski definition) is 2. The Kier molecular flexibility index (Phi) is 5.23. The van der Waals surface area contributed by atoms with Crippen LogP contribution in [0.5, 0.6) is 0 Å². The Morgan fingerprint density at radius 1 is 1.20 bits per heavy atom. The molecule has 0 radical (unpaired) electrons. The smallest absolute Gasteiger partial charge is 0.261 e.